The summed E-state index contributed by atoms with van der Waals surface area (Å²) in [5.41, 5.74) is 0.819. The lowest BCUT2D eigenvalue weighted by molar-refractivity contribution is -0.150. The fourth-order valence-electron chi connectivity index (χ4n) is 1.66. The SMILES string of the molecule is CC(=O)O[C@H]1[C@@H](Br)[C@H](OC(C)=O)C=C(C)[C@@H]1Cl. The minimum absolute atomic E-state index is 0.346. The first-order valence-electron chi connectivity index (χ1n) is 5.14. The molecule has 0 saturated heterocycles. The third-order valence-corrected chi connectivity index (χ3v) is 4.02. The summed E-state index contributed by atoms with van der Waals surface area (Å²) < 4.78 is 10.3. The second-order valence-corrected chi connectivity index (χ2v) is 5.43. The van der Waals surface area contributed by atoms with Crippen molar-refractivity contribution in [3.05, 3.63) is 11.6 Å². The van der Waals surface area contributed by atoms with Gasteiger partial charge in [0, 0.05) is 13.8 Å². The third kappa shape index (κ3) is 3.71. The zero-order chi connectivity index (χ0) is 13.2. The van der Waals surface area contributed by atoms with Crippen molar-refractivity contribution in [1.29, 1.82) is 0 Å². The summed E-state index contributed by atoms with van der Waals surface area (Å²) in [6, 6.07) is 0. The number of rotatable bonds is 2. The van der Waals surface area contributed by atoms with Gasteiger partial charge >= 0.3 is 11.9 Å². The van der Waals surface area contributed by atoms with Gasteiger partial charge in [-0.1, -0.05) is 21.5 Å². The van der Waals surface area contributed by atoms with Crippen molar-refractivity contribution >= 4 is 39.5 Å². The Hall–Kier alpha value is -0.550. The molecule has 96 valence electrons. The molecule has 0 aromatic heterocycles. The fourth-order valence-corrected chi connectivity index (χ4v) is 2.79. The molecule has 6 heteroatoms. The Kier molecular flexibility index (Phi) is 5.01. The summed E-state index contributed by atoms with van der Waals surface area (Å²) in [6.07, 6.45) is 0.730. The van der Waals surface area contributed by atoms with E-state index in [1.54, 1.807) is 6.08 Å². The minimum Gasteiger partial charge on any atom is -0.459 e. The average Bonchev–Trinajstić information content (AvgIpc) is 2.20. The molecule has 0 saturated carbocycles. The van der Waals surface area contributed by atoms with Crippen LogP contribution in [0.15, 0.2) is 11.6 Å². The van der Waals surface area contributed by atoms with Crippen molar-refractivity contribution in [2.75, 3.05) is 0 Å². The molecule has 0 fully saturated rings. The zero-order valence-electron chi connectivity index (χ0n) is 9.78. The van der Waals surface area contributed by atoms with Crippen LogP contribution in [0.25, 0.3) is 0 Å². The predicted octanol–water partition coefficient (Wildman–Crippen LogP) is 2.18. The van der Waals surface area contributed by atoms with E-state index in [-0.39, 0.29) is 4.83 Å². The normalized spacial score (nSPS) is 32.6. The van der Waals surface area contributed by atoms with Crippen molar-refractivity contribution in [2.24, 2.45) is 0 Å². The highest BCUT2D eigenvalue weighted by Gasteiger charge is 2.40. The molecule has 0 bridgehead atoms. The monoisotopic (exact) mass is 324 g/mol. The van der Waals surface area contributed by atoms with E-state index >= 15 is 0 Å². The maximum absolute atomic E-state index is 11.0. The summed E-state index contributed by atoms with van der Waals surface area (Å²) in [5, 5.41) is -0.421. The van der Waals surface area contributed by atoms with Crippen molar-refractivity contribution in [3.8, 4) is 0 Å². The van der Waals surface area contributed by atoms with Crippen LogP contribution in [0.2, 0.25) is 0 Å². The van der Waals surface area contributed by atoms with Gasteiger partial charge in [-0.15, -0.1) is 11.6 Å². The smallest absolute Gasteiger partial charge is 0.303 e. The molecule has 0 amide bonds. The fraction of sp³-hybridized carbons (Fsp3) is 0.636. The summed E-state index contributed by atoms with van der Waals surface area (Å²) in [4.78, 5) is 21.6. The first kappa shape index (κ1) is 14.5. The molecule has 0 N–H and O–H groups in total. The van der Waals surface area contributed by atoms with Crippen molar-refractivity contribution < 1.29 is 19.1 Å². The maximum Gasteiger partial charge on any atom is 0.303 e. The van der Waals surface area contributed by atoms with Gasteiger partial charge in [0.15, 0.2) is 0 Å². The van der Waals surface area contributed by atoms with Gasteiger partial charge in [0.1, 0.15) is 12.2 Å². The summed E-state index contributed by atoms with van der Waals surface area (Å²) >= 11 is 9.52. The molecule has 1 aliphatic rings. The first-order chi connectivity index (χ1) is 7.82. The van der Waals surface area contributed by atoms with E-state index in [4.69, 9.17) is 21.1 Å². The standard InChI is InChI=1S/C11H14BrClO4/c1-5-4-8(16-6(2)14)9(12)11(10(5)13)17-7(3)15/h4,8-11H,1-3H3/t8-,9+,10+,11+/m1/s1. The van der Waals surface area contributed by atoms with Crippen LogP contribution in [0.4, 0.5) is 0 Å². The molecule has 0 aliphatic heterocycles. The Morgan fingerprint density at radius 2 is 1.82 bits per heavy atom. The lowest BCUT2D eigenvalue weighted by atomic mass is 9.95. The summed E-state index contributed by atoms with van der Waals surface area (Å²) in [7, 11) is 0. The minimum atomic E-state index is -0.552. The van der Waals surface area contributed by atoms with Crippen LogP contribution in [0.5, 0.6) is 0 Å². The van der Waals surface area contributed by atoms with Crippen LogP contribution in [0.1, 0.15) is 20.8 Å². The second kappa shape index (κ2) is 5.87. The summed E-state index contributed by atoms with van der Waals surface area (Å²) in [5.74, 6) is -0.806. The van der Waals surface area contributed by atoms with E-state index in [1.165, 1.54) is 13.8 Å². The van der Waals surface area contributed by atoms with Gasteiger partial charge in [-0.05, 0) is 13.0 Å². The maximum atomic E-state index is 11.0. The second-order valence-electron chi connectivity index (χ2n) is 3.90. The van der Waals surface area contributed by atoms with Gasteiger partial charge in [0.25, 0.3) is 0 Å². The Morgan fingerprint density at radius 1 is 1.29 bits per heavy atom. The number of alkyl halides is 2. The summed E-state index contributed by atoms with van der Waals surface area (Å²) in [6.45, 7) is 4.46. The van der Waals surface area contributed by atoms with Gasteiger partial charge in [-0.25, -0.2) is 0 Å². The molecule has 1 aliphatic carbocycles. The van der Waals surface area contributed by atoms with Gasteiger partial charge in [0.2, 0.25) is 0 Å². The Balaban J connectivity index is 2.89. The van der Waals surface area contributed by atoms with Crippen molar-refractivity contribution in [2.45, 2.75) is 43.2 Å². The molecular formula is C11H14BrClO4. The molecule has 17 heavy (non-hydrogen) atoms. The first-order valence-corrected chi connectivity index (χ1v) is 6.49. The number of hydrogen-bond acceptors (Lipinski definition) is 4. The Labute approximate surface area is 113 Å². The molecule has 4 atom stereocenters. The van der Waals surface area contributed by atoms with Crippen LogP contribution >= 0.6 is 27.5 Å². The van der Waals surface area contributed by atoms with Crippen LogP contribution in [-0.2, 0) is 19.1 Å². The molecule has 0 unspecified atom stereocenters. The van der Waals surface area contributed by atoms with E-state index in [0.29, 0.717) is 0 Å². The number of esters is 2. The highest BCUT2D eigenvalue weighted by Crippen LogP contribution is 2.32. The van der Waals surface area contributed by atoms with Gasteiger partial charge < -0.3 is 9.47 Å². The molecule has 0 aromatic carbocycles. The number of hydrogen-bond donors (Lipinski definition) is 0. The quantitative estimate of drug-likeness (QED) is 0.444. The van der Waals surface area contributed by atoms with E-state index in [0.717, 1.165) is 5.57 Å². The number of halogens is 2. The third-order valence-electron chi connectivity index (χ3n) is 2.38. The van der Waals surface area contributed by atoms with Crippen LogP contribution in [0, 0.1) is 0 Å². The number of carbonyl (C=O) groups excluding carboxylic acids is 2. The van der Waals surface area contributed by atoms with Crippen molar-refractivity contribution in [3.63, 3.8) is 0 Å². The zero-order valence-corrected chi connectivity index (χ0v) is 12.1. The largest absolute Gasteiger partial charge is 0.459 e. The Morgan fingerprint density at radius 3 is 2.29 bits per heavy atom. The number of carbonyl (C=O) groups is 2. The molecule has 0 spiro atoms. The van der Waals surface area contributed by atoms with E-state index in [9.17, 15) is 9.59 Å². The van der Waals surface area contributed by atoms with Gasteiger partial charge in [-0.2, -0.15) is 0 Å². The molecule has 4 nitrogen and oxygen atoms in total. The molecule has 0 aromatic rings. The highest BCUT2D eigenvalue weighted by molar-refractivity contribution is 9.09. The molecule has 0 radical (unpaired) electrons. The predicted molar refractivity (Wildman–Crippen MR) is 67.2 cm³/mol. The number of ether oxygens (including phenoxy) is 2. The average molecular weight is 326 g/mol. The van der Waals surface area contributed by atoms with Crippen LogP contribution in [-0.4, -0.2) is 34.4 Å². The van der Waals surface area contributed by atoms with Crippen molar-refractivity contribution in [1.82, 2.24) is 0 Å². The topological polar surface area (TPSA) is 52.6 Å². The van der Waals surface area contributed by atoms with E-state index in [1.807, 2.05) is 6.92 Å². The molecule has 0 heterocycles. The Bertz CT molecular complexity index is 355. The van der Waals surface area contributed by atoms with Gasteiger partial charge in [0.05, 0.1) is 10.2 Å². The van der Waals surface area contributed by atoms with E-state index in [2.05, 4.69) is 15.9 Å². The van der Waals surface area contributed by atoms with Crippen LogP contribution in [0.3, 0.4) is 0 Å². The highest BCUT2D eigenvalue weighted by atomic mass is 79.9. The molecule has 1 rings (SSSR count). The molecular weight excluding hydrogens is 311 g/mol. The lowest BCUT2D eigenvalue weighted by Crippen LogP contribution is -2.46. The lowest BCUT2D eigenvalue weighted by Gasteiger charge is -2.35. The van der Waals surface area contributed by atoms with E-state index < -0.39 is 29.5 Å². The van der Waals surface area contributed by atoms with Gasteiger partial charge in [-0.3, -0.25) is 9.59 Å². The van der Waals surface area contributed by atoms with Crippen LogP contribution < -0.4 is 0 Å².